The third-order valence-electron chi connectivity index (χ3n) is 0.111. The molecule has 0 aromatic carbocycles. The number of rotatable bonds is 1. The van der Waals surface area contributed by atoms with Gasteiger partial charge in [0.15, 0.2) is 0 Å². The van der Waals surface area contributed by atoms with E-state index in [1.54, 1.807) is 0 Å². The Hall–Kier alpha value is 0.580. The van der Waals surface area contributed by atoms with Crippen LogP contribution in [0.5, 0.6) is 0 Å². The highest BCUT2D eigenvalue weighted by atomic mass is 35.7. The number of hydrogen-bond donors (Lipinski definition) is 1. The molecule has 0 aliphatic carbocycles. The van der Waals surface area contributed by atoms with Crippen LogP contribution in [0.1, 0.15) is 0 Å². The first kappa shape index (κ1) is 6.58. The Kier molecular flexibility index (Phi) is 2.23. The summed E-state index contributed by atoms with van der Waals surface area (Å²) in [5.74, 6) is 0. The summed E-state index contributed by atoms with van der Waals surface area (Å²) in [6.45, 7) is 0. The van der Waals surface area contributed by atoms with Gasteiger partial charge in [0.25, 0.3) is 8.15 Å². The predicted molar refractivity (Wildman–Crippen MR) is 25.3 cm³/mol. The van der Waals surface area contributed by atoms with Crippen molar-refractivity contribution in [1.82, 2.24) is 0 Å². The second-order valence-corrected chi connectivity index (χ2v) is 6.37. The molecule has 0 aliphatic heterocycles. The second kappa shape index (κ2) is 2.04. The first-order valence-electron chi connectivity index (χ1n) is 0.992. The zero-order valence-electron chi connectivity index (χ0n) is 2.67. The van der Waals surface area contributed by atoms with E-state index >= 15 is 0 Å². The smallest absolute Gasteiger partial charge is 0.276 e. The lowest BCUT2D eigenvalue weighted by atomic mass is 13.9. The van der Waals surface area contributed by atoms with Crippen molar-refractivity contribution in [3.8, 4) is 0 Å². The highest BCUT2D eigenvalue weighted by Crippen LogP contribution is 2.54. The Balaban J connectivity index is 3.81. The van der Waals surface area contributed by atoms with E-state index in [2.05, 4.69) is 5.50 Å². The normalized spacial score (nSPS) is 20.3. The van der Waals surface area contributed by atoms with Gasteiger partial charge in [-0.1, -0.05) is 0 Å². The first-order chi connectivity index (χ1) is 2.56. The summed E-state index contributed by atoms with van der Waals surface area (Å²) in [6, 6.07) is 0. The second-order valence-electron chi connectivity index (χ2n) is 0.626. The van der Waals surface area contributed by atoms with Crippen LogP contribution >= 0.6 is 25.7 Å². The van der Waals surface area contributed by atoms with Crippen LogP contribution in [0.15, 0.2) is 0 Å². The fraction of sp³-hybridized carbons (Fsp3) is 0. The molecule has 3 nitrogen and oxygen atoms in total. The average Bonchev–Trinajstić information content (AvgIpc) is 1.35. The molecule has 0 saturated heterocycles. The summed E-state index contributed by atoms with van der Waals surface area (Å²) >= 11 is 4.73. The zero-order chi connectivity index (χ0) is 5.21. The van der Waals surface area contributed by atoms with Gasteiger partial charge in [0.2, 0.25) is 0 Å². The van der Waals surface area contributed by atoms with Gasteiger partial charge in [0.05, 0.1) is 0 Å². The summed E-state index contributed by atoms with van der Waals surface area (Å²) in [5, 5.41) is 0. The van der Waals surface area contributed by atoms with Gasteiger partial charge in [-0.25, -0.2) is 0 Å². The van der Waals surface area contributed by atoms with Crippen LogP contribution < -0.4 is 5.50 Å². The van der Waals surface area contributed by atoms with Crippen LogP contribution in [0, 0.1) is 0 Å². The zero-order valence-corrected chi connectivity index (χ0v) is 5.21. The Morgan fingerprint density at radius 2 is 2.00 bits per heavy atom. The van der Waals surface area contributed by atoms with E-state index in [-0.39, 0.29) is 0 Å². The third-order valence-corrected chi connectivity index (χ3v) is 1.56. The van der Waals surface area contributed by atoms with E-state index in [1.807, 2.05) is 0 Å². The summed E-state index contributed by atoms with van der Waals surface area (Å²) in [7, 11) is -0.677. The maximum absolute atomic E-state index is 9.80. The molecule has 0 bridgehead atoms. The van der Waals surface area contributed by atoms with E-state index in [1.165, 1.54) is 0 Å². The standard InChI is InChI=1S/ClH2NO2P2/c1-6(2,4)5-3/h(H2,2,4). The van der Waals surface area contributed by atoms with Crippen molar-refractivity contribution < 1.29 is 9.13 Å². The van der Waals surface area contributed by atoms with Crippen molar-refractivity contribution in [2.24, 2.45) is 5.50 Å². The summed E-state index contributed by atoms with van der Waals surface area (Å²) < 4.78 is 19.2. The minimum absolute atomic E-state index is 0.677. The van der Waals surface area contributed by atoms with Gasteiger partial charge < -0.3 is 0 Å². The fourth-order valence-corrected chi connectivity index (χ4v) is 0. The van der Waals surface area contributed by atoms with Crippen LogP contribution in [-0.2, 0) is 9.13 Å². The molecule has 0 aliphatic rings. The molecule has 1 unspecified atom stereocenters. The van der Waals surface area contributed by atoms with Crippen molar-refractivity contribution in [2.75, 3.05) is 0 Å². The quantitative estimate of drug-likeness (QED) is 0.570. The molecule has 36 valence electrons. The summed E-state index contributed by atoms with van der Waals surface area (Å²) in [5.41, 5.74) is 4.53. The maximum atomic E-state index is 9.80. The molecule has 0 spiro atoms. The van der Waals surface area contributed by atoms with E-state index in [9.17, 15) is 9.13 Å². The Morgan fingerprint density at radius 1 is 1.83 bits per heavy atom. The van der Waals surface area contributed by atoms with Crippen molar-refractivity contribution in [2.45, 2.75) is 0 Å². The minimum atomic E-state index is -3.26. The van der Waals surface area contributed by atoms with Crippen LogP contribution in [0.4, 0.5) is 0 Å². The summed E-state index contributed by atoms with van der Waals surface area (Å²) in [6.07, 6.45) is -3.26. The van der Waals surface area contributed by atoms with Crippen LogP contribution in [-0.4, -0.2) is 0 Å². The van der Waals surface area contributed by atoms with Gasteiger partial charge in [-0.05, 0) is 11.2 Å². The average molecular weight is 145 g/mol. The number of halogens is 1. The van der Waals surface area contributed by atoms with E-state index in [0.717, 1.165) is 0 Å². The molecule has 0 aromatic heterocycles. The number of nitrogens with two attached hydrogens (primary N) is 1. The van der Waals surface area contributed by atoms with Gasteiger partial charge >= 0.3 is 6.33 Å². The molecule has 0 rings (SSSR count). The lowest BCUT2D eigenvalue weighted by Gasteiger charge is -1.80. The van der Waals surface area contributed by atoms with E-state index in [4.69, 9.17) is 11.2 Å². The first-order valence-corrected chi connectivity index (χ1v) is 5.19. The third kappa shape index (κ3) is 4.58. The highest BCUT2D eigenvalue weighted by Gasteiger charge is 2.07. The molecule has 0 amide bonds. The van der Waals surface area contributed by atoms with Crippen LogP contribution in [0.25, 0.3) is 0 Å². The van der Waals surface area contributed by atoms with Crippen LogP contribution in [0.2, 0.25) is 0 Å². The van der Waals surface area contributed by atoms with Crippen molar-refractivity contribution in [1.29, 1.82) is 0 Å². The topological polar surface area (TPSA) is 60.2 Å². The molecule has 0 saturated carbocycles. The largest absolute Gasteiger partial charge is 0.316 e. The Morgan fingerprint density at radius 3 is 2.00 bits per heavy atom. The minimum Gasteiger partial charge on any atom is -0.276 e. The molecule has 6 heavy (non-hydrogen) atoms. The van der Waals surface area contributed by atoms with Crippen molar-refractivity contribution in [3.05, 3.63) is 0 Å². The Bertz CT molecular complexity index is 93.7. The SMILES string of the molecule is NP(=O)(Cl)P=O. The van der Waals surface area contributed by atoms with Crippen molar-refractivity contribution >= 4 is 25.7 Å². The summed E-state index contributed by atoms with van der Waals surface area (Å²) in [4.78, 5) is 0. The van der Waals surface area contributed by atoms with E-state index < -0.39 is 14.5 Å². The molecule has 0 heterocycles. The van der Waals surface area contributed by atoms with Gasteiger partial charge in [-0.2, -0.15) is 0 Å². The van der Waals surface area contributed by atoms with Crippen molar-refractivity contribution in [3.63, 3.8) is 0 Å². The fourth-order valence-electron chi connectivity index (χ4n) is 0. The lowest BCUT2D eigenvalue weighted by Crippen LogP contribution is -1.72. The molecule has 2 N–H and O–H groups in total. The molecule has 0 aromatic rings. The van der Waals surface area contributed by atoms with Crippen LogP contribution in [0.3, 0.4) is 0 Å². The molecule has 0 radical (unpaired) electrons. The van der Waals surface area contributed by atoms with Gasteiger partial charge in [-0.15, -0.1) is 0 Å². The Labute approximate surface area is 41.2 Å². The van der Waals surface area contributed by atoms with Gasteiger partial charge in [0.1, 0.15) is 0 Å². The van der Waals surface area contributed by atoms with E-state index in [0.29, 0.717) is 0 Å². The number of hydrogen-bond acceptors (Lipinski definition) is 2. The maximum Gasteiger partial charge on any atom is 0.316 e. The van der Waals surface area contributed by atoms with Gasteiger partial charge in [-0.3, -0.25) is 14.6 Å². The molecular formula is H2ClNO2P2. The highest BCUT2D eigenvalue weighted by molar-refractivity contribution is 8.31. The molecular weight excluding hydrogens is 143 g/mol. The predicted octanol–water partition coefficient (Wildman–Crippen LogP) is 1.58. The monoisotopic (exact) mass is 145 g/mol. The molecule has 6 heteroatoms. The van der Waals surface area contributed by atoms with Gasteiger partial charge in [0, 0.05) is 0 Å². The molecule has 1 atom stereocenters. The molecule has 0 fully saturated rings. The lowest BCUT2D eigenvalue weighted by molar-refractivity contribution is 0.583.